The summed E-state index contributed by atoms with van der Waals surface area (Å²) in [4.78, 5) is 11.6. The number of amides is 1. The fourth-order valence-electron chi connectivity index (χ4n) is 1.74. The van der Waals surface area contributed by atoms with E-state index >= 15 is 0 Å². The maximum Gasteiger partial charge on any atom is 0.411 e. The Hall–Kier alpha value is -2.09. The van der Waals surface area contributed by atoms with Crippen molar-refractivity contribution in [3.8, 4) is 5.69 Å². The minimum Gasteiger partial charge on any atom is -0.449 e. The molecule has 0 aliphatic heterocycles. The van der Waals surface area contributed by atoms with Crippen molar-refractivity contribution >= 4 is 24.4 Å². The van der Waals surface area contributed by atoms with E-state index in [0.29, 0.717) is 23.1 Å². The number of hydrogen-bond acceptors (Lipinski definition) is 6. The van der Waals surface area contributed by atoms with Crippen LogP contribution in [0.3, 0.4) is 0 Å². The molecule has 0 spiro atoms. The van der Waals surface area contributed by atoms with Crippen LogP contribution in [0, 0.1) is 0 Å². The second kappa shape index (κ2) is 7.63. The molecular formula is C13H17N5O2S. The third kappa shape index (κ3) is 4.45. The lowest BCUT2D eigenvalue weighted by molar-refractivity contribution is 0.159. The van der Waals surface area contributed by atoms with Gasteiger partial charge in [0.05, 0.1) is 12.3 Å². The second-order valence-corrected chi connectivity index (χ2v) is 4.81. The summed E-state index contributed by atoms with van der Waals surface area (Å²) in [5.74, 6) is 0. The summed E-state index contributed by atoms with van der Waals surface area (Å²) in [5.41, 5.74) is 1.31. The summed E-state index contributed by atoms with van der Waals surface area (Å²) >= 11 is 4.15. The summed E-state index contributed by atoms with van der Waals surface area (Å²) in [6.07, 6.45) is 2.54. The highest BCUT2D eigenvalue weighted by molar-refractivity contribution is 7.80. The zero-order valence-corrected chi connectivity index (χ0v) is 12.6. The van der Waals surface area contributed by atoms with E-state index in [1.807, 2.05) is 6.07 Å². The van der Waals surface area contributed by atoms with Crippen LogP contribution in [-0.2, 0) is 4.74 Å². The Kier molecular flexibility index (Phi) is 5.56. The second-order valence-electron chi connectivity index (χ2n) is 4.41. The highest BCUT2D eigenvalue weighted by atomic mass is 32.1. The van der Waals surface area contributed by atoms with Gasteiger partial charge in [-0.25, -0.2) is 4.79 Å². The van der Waals surface area contributed by atoms with E-state index in [1.54, 1.807) is 18.2 Å². The first-order valence-electron chi connectivity index (χ1n) is 6.72. The van der Waals surface area contributed by atoms with Gasteiger partial charge in [0.15, 0.2) is 0 Å². The number of hydrogen-bond donors (Lipinski definition) is 2. The maximum absolute atomic E-state index is 11.6. The first-order valence-corrected chi connectivity index (χ1v) is 7.17. The van der Waals surface area contributed by atoms with Crippen molar-refractivity contribution in [2.75, 3.05) is 11.9 Å². The summed E-state index contributed by atoms with van der Waals surface area (Å²) in [7, 11) is 0. The number of nitrogens with zero attached hydrogens (tertiary/aromatic N) is 4. The van der Waals surface area contributed by atoms with Gasteiger partial charge in [0.1, 0.15) is 0 Å². The number of benzene rings is 1. The van der Waals surface area contributed by atoms with Crippen molar-refractivity contribution in [1.82, 2.24) is 20.2 Å². The molecule has 1 amide bonds. The van der Waals surface area contributed by atoms with E-state index < -0.39 is 6.09 Å². The van der Waals surface area contributed by atoms with E-state index in [1.165, 1.54) is 4.68 Å². The van der Waals surface area contributed by atoms with Gasteiger partial charge >= 0.3 is 6.09 Å². The quantitative estimate of drug-likeness (QED) is 0.633. The normalized spacial score (nSPS) is 10.4. The summed E-state index contributed by atoms with van der Waals surface area (Å²) in [5, 5.41) is 14.1. The van der Waals surface area contributed by atoms with Gasteiger partial charge < -0.3 is 4.74 Å². The average molecular weight is 307 g/mol. The van der Waals surface area contributed by atoms with Crippen LogP contribution >= 0.6 is 12.6 Å². The van der Waals surface area contributed by atoms with Crippen LogP contribution in [0.5, 0.6) is 0 Å². The summed E-state index contributed by atoms with van der Waals surface area (Å²) in [6.45, 7) is 2.52. The van der Waals surface area contributed by atoms with Crippen LogP contribution in [0.1, 0.15) is 26.2 Å². The molecule has 2 aromatic rings. The number of unbranched alkanes of at least 4 members (excludes halogenated alkanes) is 2. The molecule has 1 N–H and O–H groups in total. The molecule has 1 aromatic heterocycles. The zero-order chi connectivity index (χ0) is 15.1. The van der Waals surface area contributed by atoms with Gasteiger partial charge in [-0.1, -0.05) is 25.8 Å². The molecule has 0 fully saturated rings. The highest BCUT2D eigenvalue weighted by Gasteiger charge is 2.07. The molecule has 2 rings (SSSR count). The van der Waals surface area contributed by atoms with E-state index in [9.17, 15) is 4.79 Å². The number of rotatable bonds is 6. The van der Waals surface area contributed by atoms with Gasteiger partial charge in [0, 0.05) is 5.69 Å². The molecular weight excluding hydrogens is 290 g/mol. The number of carbonyl (C=O) groups excluding carboxylic acids is 1. The van der Waals surface area contributed by atoms with Crippen molar-refractivity contribution in [3.05, 3.63) is 24.3 Å². The molecule has 7 nitrogen and oxygen atoms in total. The fraction of sp³-hybridized carbons (Fsp3) is 0.385. The number of carbonyl (C=O) groups is 1. The Labute approximate surface area is 128 Å². The fourth-order valence-corrected chi connectivity index (χ4v) is 1.93. The number of anilines is 1. The van der Waals surface area contributed by atoms with Gasteiger partial charge in [-0.05, 0) is 35.0 Å². The van der Waals surface area contributed by atoms with Crippen LogP contribution in [0.2, 0.25) is 0 Å². The molecule has 21 heavy (non-hydrogen) atoms. The Morgan fingerprint density at radius 1 is 1.43 bits per heavy atom. The number of nitrogens with one attached hydrogen (secondary N) is 1. The predicted molar refractivity (Wildman–Crippen MR) is 80.9 cm³/mol. The van der Waals surface area contributed by atoms with Crippen molar-refractivity contribution in [3.63, 3.8) is 0 Å². The molecule has 0 saturated heterocycles. The van der Waals surface area contributed by atoms with Gasteiger partial charge in [-0.15, -0.1) is 17.7 Å². The zero-order valence-electron chi connectivity index (χ0n) is 11.7. The molecule has 0 saturated carbocycles. The highest BCUT2D eigenvalue weighted by Crippen LogP contribution is 2.16. The molecule has 8 heteroatoms. The van der Waals surface area contributed by atoms with Crippen LogP contribution in [0.4, 0.5) is 10.5 Å². The molecule has 1 aromatic carbocycles. The summed E-state index contributed by atoms with van der Waals surface area (Å²) < 4.78 is 6.55. The molecule has 0 radical (unpaired) electrons. The van der Waals surface area contributed by atoms with E-state index in [4.69, 9.17) is 4.74 Å². The van der Waals surface area contributed by atoms with Crippen LogP contribution in [0.15, 0.2) is 29.4 Å². The van der Waals surface area contributed by atoms with Crippen molar-refractivity contribution in [1.29, 1.82) is 0 Å². The Morgan fingerprint density at radius 3 is 3.00 bits per heavy atom. The Bertz CT molecular complexity index is 602. The monoisotopic (exact) mass is 307 g/mol. The third-order valence-corrected chi connectivity index (χ3v) is 3.05. The molecule has 0 atom stereocenters. The molecule has 0 aliphatic rings. The number of thiol groups is 1. The van der Waals surface area contributed by atoms with Gasteiger partial charge in [0.25, 0.3) is 0 Å². The van der Waals surface area contributed by atoms with Gasteiger partial charge in [0.2, 0.25) is 5.16 Å². The van der Waals surface area contributed by atoms with Gasteiger partial charge in [-0.3, -0.25) is 5.32 Å². The minimum atomic E-state index is -0.467. The summed E-state index contributed by atoms with van der Waals surface area (Å²) in [6, 6.07) is 7.10. The maximum atomic E-state index is 11.6. The largest absolute Gasteiger partial charge is 0.449 e. The lowest BCUT2D eigenvalue weighted by atomic mass is 10.3. The lowest BCUT2D eigenvalue weighted by Gasteiger charge is -2.08. The molecule has 1 heterocycles. The Balaban J connectivity index is 1.95. The van der Waals surface area contributed by atoms with E-state index in [-0.39, 0.29) is 0 Å². The van der Waals surface area contributed by atoms with Crippen molar-refractivity contribution < 1.29 is 9.53 Å². The van der Waals surface area contributed by atoms with Crippen molar-refractivity contribution in [2.45, 2.75) is 31.3 Å². The Morgan fingerprint density at radius 2 is 2.29 bits per heavy atom. The topological polar surface area (TPSA) is 81.9 Å². The van der Waals surface area contributed by atoms with Crippen molar-refractivity contribution in [2.24, 2.45) is 0 Å². The van der Waals surface area contributed by atoms with Crippen LogP contribution in [-0.4, -0.2) is 32.9 Å². The molecule has 0 unspecified atom stereocenters. The SMILES string of the molecule is CCCCCOC(=O)Nc1cccc(-n2nnnc2S)c1. The van der Waals surface area contributed by atoms with E-state index in [0.717, 1.165) is 19.3 Å². The predicted octanol–water partition coefficient (Wildman–Crippen LogP) is 2.69. The lowest BCUT2D eigenvalue weighted by Crippen LogP contribution is -2.14. The van der Waals surface area contributed by atoms with Gasteiger partial charge in [-0.2, -0.15) is 4.68 Å². The number of ether oxygens (including phenoxy) is 1. The van der Waals surface area contributed by atoms with E-state index in [2.05, 4.69) is 40.4 Å². The standard InChI is InChI=1S/C13H17N5O2S/c1-2-3-4-8-20-13(19)14-10-6-5-7-11(9-10)18-12(21)15-16-17-18/h5-7,9H,2-4,8H2,1H3,(H,14,19)(H,15,17,21). The van der Waals surface area contributed by atoms with Crippen LogP contribution in [0.25, 0.3) is 5.69 Å². The smallest absolute Gasteiger partial charge is 0.411 e. The first-order chi connectivity index (χ1) is 10.2. The first kappa shape index (κ1) is 15.3. The third-order valence-electron chi connectivity index (χ3n) is 2.77. The average Bonchev–Trinajstić information content (AvgIpc) is 2.90. The minimum absolute atomic E-state index is 0.370. The number of tetrazole rings is 1. The molecule has 0 aliphatic carbocycles. The number of aromatic nitrogens is 4. The van der Waals surface area contributed by atoms with Crippen LogP contribution < -0.4 is 5.32 Å². The molecule has 112 valence electrons. The molecule has 0 bridgehead atoms.